The van der Waals surface area contributed by atoms with Crippen molar-refractivity contribution in [3.05, 3.63) is 59.7 Å². The van der Waals surface area contributed by atoms with Crippen molar-refractivity contribution in [2.75, 3.05) is 12.8 Å². The van der Waals surface area contributed by atoms with Crippen LogP contribution in [0, 0.1) is 0 Å². The van der Waals surface area contributed by atoms with Crippen molar-refractivity contribution < 1.29 is 4.74 Å². The molecule has 0 amide bonds. The average molecular weight is 241 g/mol. The first-order chi connectivity index (χ1) is 8.78. The van der Waals surface area contributed by atoms with Crippen molar-refractivity contribution >= 4 is 5.69 Å². The second kappa shape index (κ2) is 6.10. The third-order valence-electron chi connectivity index (χ3n) is 3.04. The molecule has 0 fully saturated rings. The van der Waals surface area contributed by atoms with Gasteiger partial charge in [0.25, 0.3) is 0 Å². The topological polar surface area (TPSA) is 35.2 Å². The normalized spacial score (nSPS) is 10.3. The Balaban J connectivity index is 1.84. The number of hydrogen-bond donors (Lipinski definition) is 1. The van der Waals surface area contributed by atoms with E-state index in [0.29, 0.717) is 0 Å². The smallest absolute Gasteiger partial charge is 0.118 e. The number of hydrogen-bond acceptors (Lipinski definition) is 2. The maximum absolute atomic E-state index is 5.76. The Morgan fingerprint density at radius 2 is 1.67 bits per heavy atom. The molecule has 0 aliphatic heterocycles. The zero-order valence-corrected chi connectivity index (χ0v) is 10.7. The van der Waals surface area contributed by atoms with E-state index in [0.717, 1.165) is 30.7 Å². The van der Waals surface area contributed by atoms with Crippen molar-refractivity contribution in [2.24, 2.45) is 0 Å². The highest BCUT2D eigenvalue weighted by Gasteiger charge is 1.97. The Kier molecular flexibility index (Phi) is 4.24. The van der Waals surface area contributed by atoms with Gasteiger partial charge in [0.1, 0.15) is 5.75 Å². The molecule has 2 rings (SSSR count). The average Bonchev–Trinajstić information content (AvgIpc) is 2.40. The van der Waals surface area contributed by atoms with Gasteiger partial charge >= 0.3 is 0 Å². The number of nitrogen functional groups attached to an aromatic ring is 1. The quantitative estimate of drug-likeness (QED) is 0.814. The molecular weight excluding hydrogens is 222 g/mol. The lowest BCUT2D eigenvalue weighted by atomic mass is 10.0. The van der Waals surface area contributed by atoms with E-state index < -0.39 is 0 Å². The van der Waals surface area contributed by atoms with Gasteiger partial charge in [-0.25, -0.2) is 0 Å². The molecule has 2 heteroatoms. The minimum Gasteiger partial charge on any atom is -0.497 e. The summed E-state index contributed by atoms with van der Waals surface area (Å²) in [5, 5.41) is 0. The number of nitrogens with two attached hydrogens (primary N) is 1. The third kappa shape index (κ3) is 3.52. The second-order valence-corrected chi connectivity index (χ2v) is 4.45. The Labute approximate surface area is 108 Å². The molecule has 0 aliphatic carbocycles. The number of ether oxygens (including phenoxy) is 1. The van der Waals surface area contributed by atoms with Gasteiger partial charge in [-0.2, -0.15) is 0 Å². The molecule has 0 unspecified atom stereocenters. The lowest BCUT2D eigenvalue weighted by Crippen LogP contribution is -1.92. The fourth-order valence-electron chi connectivity index (χ4n) is 2.04. The van der Waals surface area contributed by atoms with Crippen LogP contribution >= 0.6 is 0 Å². The standard InChI is InChI=1S/C16H19NO/c1-18-16-10-8-13(9-11-16)4-2-5-14-6-3-7-15(17)12-14/h3,6-12H,2,4-5,17H2,1H3. The molecular formula is C16H19NO. The summed E-state index contributed by atoms with van der Waals surface area (Å²) >= 11 is 0. The highest BCUT2D eigenvalue weighted by molar-refractivity contribution is 5.40. The minimum atomic E-state index is 0.844. The van der Waals surface area contributed by atoms with Crippen molar-refractivity contribution in [1.29, 1.82) is 0 Å². The number of aryl methyl sites for hydroxylation is 2. The van der Waals surface area contributed by atoms with Gasteiger partial charge in [-0.05, 0) is 54.7 Å². The van der Waals surface area contributed by atoms with E-state index in [1.165, 1.54) is 11.1 Å². The van der Waals surface area contributed by atoms with Crippen LogP contribution in [0.5, 0.6) is 5.75 Å². The van der Waals surface area contributed by atoms with E-state index >= 15 is 0 Å². The molecule has 0 spiro atoms. The maximum atomic E-state index is 5.76. The lowest BCUT2D eigenvalue weighted by Gasteiger charge is -2.04. The molecule has 0 saturated heterocycles. The van der Waals surface area contributed by atoms with Crippen LogP contribution in [0.4, 0.5) is 5.69 Å². The summed E-state index contributed by atoms with van der Waals surface area (Å²) in [6.45, 7) is 0. The van der Waals surface area contributed by atoms with E-state index in [4.69, 9.17) is 10.5 Å². The molecule has 0 aliphatic rings. The molecule has 2 N–H and O–H groups in total. The van der Waals surface area contributed by atoms with E-state index in [2.05, 4.69) is 18.2 Å². The summed E-state index contributed by atoms with van der Waals surface area (Å²) in [4.78, 5) is 0. The highest BCUT2D eigenvalue weighted by Crippen LogP contribution is 2.14. The molecule has 18 heavy (non-hydrogen) atoms. The number of benzene rings is 2. The van der Waals surface area contributed by atoms with E-state index in [9.17, 15) is 0 Å². The van der Waals surface area contributed by atoms with E-state index in [1.807, 2.05) is 30.3 Å². The SMILES string of the molecule is COc1ccc(CCCc2cccc(N)c2)cc1. The third-order valence-corrected chi connectivity index (χ3v) is 3.04. The molecule has 0 atom stereocenters. The fourth-order valence-corrected chi connectivity index (χ4v) is 2.04. The molecule has 2 aromatic rings. The lowest BCUT2D eigenvalue weighted by molar-refractivity contribution is 0.414. The first-order valence-corrected chi connectivity index (χ1v) is 6.25. The summed E-state index contributed by atoms with van der Waals surface area (Å²) in [7, 11) is 1.69. The zero-order valence-electron chi connectivity index (χ0n) is 10.7. The number of rotatable bonds is 5. The van der Waals surface area contributed by atoms with Gasteiger partial charge in [0.15, 0.2) is 0 Å². The van der Waals surface area contributed by atoms with Crippen LogP contribution in [0.25, 0.3) is 0 Å². The molecule has 0 radical (unpaired) electrons. The van der Waals surface area contributed by atoms with Crippen molar-refractivity contribution in [1.82, 2.24) is 0 Å². The van der Waals surface area contributed by atoms with Crippen LogP contribution < -0.4 is 10.5 Å². The van der Waals surface area contributed by atoms with Gasteiger partial charge in [-0.1, -0.05) is 24.3 Å². The Morgan fingerprint density at radius 3 is 2.33 bits per heavy atom. The van der Waals surface area contributed by atoms with Crippen LogP contribution in [-0.2, 0) is 12.8 Å². The Morgan fingerprint density at radius 1 is 0.944 bits per heavy atom. The van der Waals surface area contributed by atoms with Gasteiger partial charge in [0.05, 0.1) is 7.11 Å². The zero-order chi connectivity index (χ0) is 12.8. The van der Waals surface area contributed by atoms with Crippen LogP contribution in [0.2, 0.25) is 0 Å². The predicted molar refractivity (Wildman–Crippen MR) is 75.9 cm³/mol. The van der Waals surface area contributed by atoms with Gasteiger partial charge < -0.3 is 10.5 Å². The van der Waals surface area contributed by atoms with Crippen LogP contribution in [0.15, 0.2) is 48.5 Å². The summed E-state index contributed by atoms with van der Waals surface area (Å²) in [6, 6.07) is 16.4. The first kappa shape index (κ1) is 12.5. The summed E-state index contributed by atoms with van der Waals surface area (Å²) in [5.74, 6) is 0.912. The molecule has 0 heterocycles. The van der Waals surface area contributed by atoms with Gasteiger partial charge in [0, 0.05) is 5.69 Å². The second-order valence-electron chi connectivity index (χ2n) is 4.45. The van der Waals surface area contributed by atoms with Crippen molar-refractivity contribution in [3.63, 3.8) is 0 Å². The molecule has 0 saturated carbocycles. The minimum absolute atomic E-state index is 0.844. The van der Waals surface area contributed by atoms with E-state index in [-0.39, 0.29) is 0 Å². The Bertz CT molecular complexity index is 491. The molecule has 2 nitrogen and oxygen atoms in total. The number of methoxy groups -OCH3 is 1. The first-order valence-electron chi connectivity index (χ1n) is 6.25. The van der Waals surface area contributed by atoms with Crippen molar-refractivity contribution in [2.45, 2.75) is 19.3 Å². The van der Waals surface area contributed by atoms with Gasteiger partial charge in [0.2, 0.25) is 0 Å². The fraction of sp³-hybridized carbons (Fsp3) is 0.250. The molecule has 2 aromatic carbocycles. The van der Waals surface area contributed by atoms with Gasteiger partial charge in [-0.3, -0.25) is 0 Å². The molecule has 0 bridgehead atoms. The monoisotopic (exact) mass is 241 g/mol. The summed E-state index contributed by atoms with van der Waals surface area (Å²) < 4.78 is 5.14. The summed E-state index contributed by atoms with van der Waals surface area (Å²) in [5.41, 5.74) is 9.26. The van der Waals surface area contributed by atoms with Crippen molar-refractivity contribution in [3.8, 4) is 5.75 Å². The molecule has 94 valence electrons. The van der Waals surface area contributed by atoms with Crippen LogP contribution in [-0.4, -0.2) is 7.11 Å². The van der Waals surface area contributed by atoms with E-state index in [1.54, 1.807) is 7.11 Å². The number of anilines is 1. The largest absolute Gasteiger partial charge is 0.497 e. The predicted octanol–water partition coefficient (Wildman–Crippen LogP) is 3.45. The highest BCUT2D eigenvalue weighted by atomic mass is 16.5. The van der Waals surface area contributed by atoms with Gasteiger partial charge in [-0.15, -0.1) is 0 Å². The van der Waals surface area contributed by atoms with Crippen LogP contribution in [0.1, 0.15) is 17.5 Å². The van der Waals surface area contributed by atoms with Crippen LogP contribution in [0.3, 0.4) is 0 Å². The maximum Gasteiger partial charge on any atom is 0.118 e. The Hall–Kier alpha value is -1.96. The summed E-state index contributed by atoms with van der Waals surface area (Å²) in [6.07, 6.45) is 3.28. The molecule has 0 aromatic heterocycles.